The van der Waals surface area contributed by atoms with Crippen molar-refractivity contribution in [2.24, 2.45) is 0 Å². The Labute approximate surface area is 146 Å². The summed E-state index contributed by atoms with van der Waals surface area (Å²) in [5.74, 6) is 0. The highest BCUT2D eigenvalue weighted by molar-refractivity contribution is 5.67. The lowest BCUT2D eigenvalue weighted by atomic mass is 9.98. The molecule has 3 aliphatic heterocycles. The average molecular weight is 339 g/mol. The lowest BCUT2D eigenvalue weighted by molar-refractivity contribution is -0.00398. The Hall–Kier alpha value is -0.850. The standard InChI is InChI=1S/C18H33N3O3/c1-2-24-18(22)21-8-3-4-16(7-11-21)19-9-5-17(6-10-19)20-12-14-23-15-13-20/h16-17H,2-15H2,1H3. The van der Waals surface area contributed by atoms with E-state index in [4.69, 9.17) is 9.47 Å². The van der Waals surface area contributed by atoms with Crippen LogP contribution in [0.4, 0.5) is 4.79 Å². The number of hydrogen-bond acceptors (Lipinski definition) is 5. The number of likely N-dealkylation sites (tertiary alicyclic amines) is 2. The summed E-state index contributed by atoms with van der Waals surface area (Å²) in [5.41, 5.74) is 0. The van der Waals surface area contributed by atoms with Gasteiger partial charge in [0.1, 0.15) is 0 Å². The molecule has 1 amide bonds. The fourth-order valence-electron chi connectivity index (χ4n) is 4.40. The minimum Gasteiger partial charge on any atom is -0.450 e. The van der Waals surface area contributed by atoms with Crippen molar-refractivity contribution in [3.63, 3.8) is 0 Å². The lowest BCUT2D eigenvalue weighted by Crippen LogP contribution is -2.51. The number of carbonyl (C=O) groups excluding carboxylic acids is 1. The third kappa shape index (κ3) is 4.61. The summed E-state index contributed by atoms with van der Waals surface area (Å²) < 4.78 is 10.6. The third-order valence-corrected chi connectivity index (χ3v) is 5.80. The van der Waals surface area contributed by atoms with Crippen molar-refractivity contribution in [1.82, 2.24) is 14.7 Å². The molecule has 24 heavy (non-hydrogen) atoms. The van der Waals surface area contributed by atoms with Crippen LogP contribution in [0.3, 0.4) is 0 Å². The van der Waals surface area contributed by atoms with Gasteiger partial charge in [0.05, 0.1) is 19.8 Å². The first kappa shape index (κ1) is 18.0. The van der Waals surface area contributed by atoms with Crippen molar-refractivity contribution < 1.29 is 14.3 Å². The molecule has 0 spiro atoms. The summed E-state index contributed by atoms with van der Waals surface area (Å²) >= 11 is 0. The van der Waals surface area contributed by atoms with Crippen LogP contribution in [0, 0.1) is 0 Å². The largest absolute Gasteiger partial charge is 0.450 e. The number of rotatable bonds is 3. The molecular formula is C18H33N3O3. The van der Waals surface area contributed by atoms with Gasteiger partial charge < -0.3 is 19.3 Å². The number of ether oxygens (including phenoxy) is 2. The fraction of sp³-hybridized carbons (Fsp3) is 0.944. The summed E-state index contributed by atoms with van der Waals surface area (Å²) in [7, 11) is 0. The molecule has 0 N–H and O–H groups in total. The Bertz CT molecular complexity index is 393. The minimum atomic E-state index is -0.135. The highest BCUT2D eigenvalue weighted by Crippen LogP contribution is 2.24. The van der Waals surface area contributed by atoms with Crippen molar-refractivity contribution in [3.8, 4) is 0 Å². The van der Waals surface area contributed by atoms with E-state index in [0.717, 1.165) is 58.3 Å². The summed E-state index contributed by atoms with van der Waals surface area (Å²) in [6.45, 7) is 10.4. The Morgan fingerprint density at radius 3 is 2.25 bits per heavy atom. The zero-order chi connectivity index (χ0) is 16.8. The highest BCUT2D eigenvalue weighted by atomic mass is 16.6. The molecule has 0 bridgehead atoms. The number of amides is 1. The van der Waals surface area contributed by atoms with Crippen molar-refractivity contribution in [2.75, 3.05) is 59.1 Å². The normalized spacial score (nSPS) is 28.5. The maximum absolute atomic E-state index is 11.9. The quantitative estimate of drug-likeness (QED) is 0.784. The smallest absolute Gasteiger partial charge is 0.409 e. The minimum absolute atomic E-state index is 0.135. The van der Waals surface area contributed by atoms with Crippen molar-refractivity contribution in [1.29, 1.82) is 0 Å². The average Bonchev–Trinajstić information content (AvgIpc) is 2.89. The topological polar surface area (TPSA) is 45.2 Å². The van der Waals surface area contributed by atoms with Gasteiger partial charge in [-0.05, 0) is 52.1 Å². The van der Waals surface area contributed by atoms with Gasteiger partial charge in [-0.3, -0.25) is 4.90 Å². The maximum atomic E-state index is 11.9. The molecular weight excluding hydrogens is 306 g/mol. The molecule has 3 rings (SSSR count). The zero-order valence-corrected chi connectivity index (χ0v) is 15.1. The van der Waals surface area contributed by atoms with Gasteiger partial charge in [-0.2, -0.15) is 0 Å². The molecule has 3 aliphatic rings. The molecule has 0 aromatic heterocycles. The Balaban J connectivity index is 1.43. The monoisotopic (exact) mass is 339 g/mol. The van der Waals surface area contributed by atoms with Crippen molar-refractivity contribution >= 4 is 6.09 Å². The van der Waals surface area contributed by atoms with Crippen molar-refractivity contribution in [2.45, 2.75) is 51.1 Å². The Morgan fingerprint density at radius 1 is 0.917 bits per heavy atom. The molecule has 6 nitrogen and oxygen atoms in total. The van der Waals surface area contributed by atoms with Crippen LogP contribution in [0.25, 0.3) is 0 Å². The van der Waals surface area contributed by atoms with E-state index >= 15 is 0 Å². The molecule has 3 heterocycles. The fourth-order valence-corrected chi connectivity index (χ4v) is 4.40. The van der Waals surface area contributed by atoms with Gasteiger partial charge in [0.15, 0.2) is 0 Å². The van der Waals surface area contributed by atoms with E-state index in [1.807, 2.05) is 11.8 Å². The highest BCUT2D eigenvalue weighted by Gasteiger charge is 2.30. The van der Waals surface area contributed by atoms with Gasteiger partial charge in [-0.25, -0.2) is 4.79 Å². The van der Waals surface area contributed by atoms with Gasteiger partial charge in [0.2, 0.25) is 0 Å². The van der Waals surface area contributed by atoms with Gasteiger partial charge in [0.25, 0.3) is 0 Å². The second-order valence-electron chi connectivity index (χ2n) is 7.19. The molecule has 0 saturated carbocycles. The van der Waals surface area contributed by atoms with Gasteiger partial charge >= 0.3 is 6.09 Å². The molecule has 138 valence electrons. The van der Waals surface area contributed by atoms with E-state index in [1.165, 1.54) is 32.4 Å². The first-order valence-corrected chi connectivity index (χ1v) is 9.75. The molecule has 0 aromatic rings. The summed E-state index contributed by atoms with van der Waals surface area (Å²) in [6.07, 6.45) is 5.80. The van der Waals surface area contributed by atoms with Gasteiger partial charge in [0, 0.05) is 38.3 Å². The molecule has 0 aliphatic carbocycles. The number of piperidine rings is 1. The SMILES string of the molecule is CCOC(=O)N1CCCC(N2CCC(N3CCOCC3)CC2)CC1. The predicted molar refractivity (Wildman–Crippen MR) is 93.2 cm³/mol. The molecule has 3 fully saturated rings. The molecule has 3 saturated heterocycles. The second-order valence-corrected chi connectivity index (χ2v) is 7.19. The number of nitrogens with zero attached hydrogens (tertiary/aromatic N) is 3. The Morgan fingerprint density at radius 2 is 1.54 bits per heavy atom. The van der Waals surface area contributed by atoms with Crippen LogP contribution in [0.1, 0.15) is 39.0 Å². The van der Waals surface area contributed by atoms with Crippen LogP contribution in [0.15, 0.2) is 0 Å². The van der Waals surface area contributed by atoms with Crippen LogP contribution in [0.5, 0.6) is 0 Å². The Kier molecular flexibility index (Phi) is 6.75. The van der Waals surface area contributed by atoms with Crippen LogP contribution in [-0.4, -0.2) is 92.0 Å². The lowest BCUT2D eigenvalue weighted by Gasteiger charge is -2.42. The summed E-state index contributed by atoms with van der Waals surface area (Å²) in [4.78, 5) is 19.1. The molecule has 6 heteroatoms. The third-order valence-electron chi connectivity index (χ3n) is 5.80. The van der Waals surface area contributed by atoms with Gasteiger partial charge in [-0.15, -0.1) is 0 Å². The van der Waals surface area contributed by atoms with E-state index in [9.17, 15) is 4.79 Å². The number of carbonyl (C=O) groups is 1. The second kappa shape index (κ2) is 9.02. The van der Waals surface area contributed by atoms with Crippen LogP contribution < -0.4 is 0 Å². The maximum Gasteiger partial charge on any atom is 0.409 e. The van der Waals surface area contributed by atoms with Crippen LogP contribution >= 0.6 is 0 Å². The number of hydrogen-bond donors (Lipinski definition) is 0. The van der Waals surface area contributed by atoms with E-state index in [0.29, 0.717) is 12.6 Å². The number of morpholine rings is 1. The van der Waals surface area contributed by atoms with E-state index in [2.05, 4.69) is 9.80 Å². The van der Waals surface area contributed by atoms with Gasteiger partial charge in [-0.1, -0.05) is 0 Å². The zero-order valence-electron chi connectivity index (χ0n) is 15.1. The first-order chi connectivity index (χ1) is 11.8. The van der Waals surface area contributed by atoms with E-state index in [1.54, 1.807) is 0 Å². The van der Waals surface area contributed by atoms with E-state index in [-0.39, 0.29) is 6.09 Å². The van der Waals surface area contributed by atoms with Crippen LogP contribution in [0.2, 0.25) is 0 Å². The predicted octanol–water partition coefficient (Wildman–Crippen LogP) is 1.79. The van der Waals surface area contributed by atoms with Crippen molar-refractivity contribution in [3.05, 3.63) is 0 Å². The first-order valence-electron chi connectivity index (χ1n) is 9.75. The molecule has 1 unspecified atom stereocenters. The van der Waals surface area contributed by atoms with Crippen LogP contribution in [-0.2, 0) is 9.47 Å². The molecule has 0 radical (unpaired) electrons. The van der Waals surface area contributed by atoms with E-state index < -0.39 is 0 Å². The summed E-state index contributed by atoms with van der Waals surface area (Å²) in [5, 5.41) is 0. The molecule has 1 atom stereocenters. The summed E-state index contributed by atoms with van der Waals surface area (Å²) in [6, 6.07) is 1.38. The molecule has 0 aromatic carbocycles.